The largest absolute Gasteiger partial charge is 0.461 e. The van der Waals surface area contributed by atoms with Gasteiger partial charge in [-0.05, 0) is 73.5 Å². The Morgan fingerprint density at radius 1 is 0.919 bits per heavy atom. The average molecular weight is 511 g/mol. The SMILES string of the molecule is CCOC(=O)C1=NN(c2ccc(C)cc2)[C@]2(C=CC(c3ccc(C(C)C)cc3)=NN2c2ccccc2)S1. The van der Waals surface area contributed by atoms with Gasteiger partial charge in [-0.15, -0.1) is 0 Å². The Hall–Kier alpha value is -3.84. The van der Waals surface area contributed by atoms with Gasteiger partial charge in [0.25, 0.3) is 0 Å². The van der Waals surface area contributed by atoms with Crippen LogP contribution in [0.1, 0.15) is 43.4 Å². The topological polar surface area (TPSA) is 57.5 Å². The molecule has 0 N–H and O–H groups in total. The lowest BCUT2D eigenvalue weighted by Crippen LogP contribution is -2.53. The van der Waals surface area contributed by atoms with Gasteiger partial charge < -0.3 is 4.74 Å². The molecule has 2 aliphatic heterocycles. The number of para-hydroxylation sites is 1. The number of ether oxygens (including phenoxy) is 1. The van der Waals surface area contributed by atoms with Gasteiger partial charge >= 0.3 is 5.97 Å². The van der Waals surface area contributed by atoms with E-state index in [1.165, 1.54) is 17.3 Å². The van der Waals surface area contributed by atoms with E-state index < -0.39 is 11.0 Å². The van der Waals surface area contributed by atoms with Crippen LogP contribution in [0.2, 0.25) is 0 Å². The van der Waals surface area contributed by atoms with E-state index >= 15 is 0 Å². The maximum absolute atomic E-state index is 12.8. The number of hydrogen-bond donors (Lipinski definition) is 0. The number of hydrazone groups is 2. The predicted molar refractivity (Wildman–Crippen MR) is 153 cm³/mol. The third-order valence-corrected chi connectivity index (χ3v) is 7.54. The molecular weight excluding hydrogens is 480 g/mol. The van der Waals surface area contributed by atoms with Gasteiger partial charge in [-0.1, -0.05) is 74.0 Å². The molecule has 0 aliphatic carbocycles. The molecule has 0 saturated carbocycles. The van der Waals surface area contributed by atoms with Gasteiger partial charge in [-0.2, -0.15) is 10.2 Å². The van der Waals surface area contributed by atoms with E-state index in [1.54, 1.807) is 6.92 Å². The van der Waals surface area contributed by atoms with Crippen LogP contribution >= 0.6 is 11.8 Å². The zero-order valence-corrected chi connectivity index (χ0v) is 22.3. The molecule has 0 aromatic heterocycles. The van der Waals surface area contributed by atoms with E-state index in [0.29, 0.717) is 5.92 Å². The fraction of sp³-hybridized carbons (Fsp3) is 0.233. The number of carbonyl (C=O) groups excluding carboxylic acids is 1. The first kappa shape index (κ1) is 24.8. The minimum absolute atomic E-state index is 0.281. The average Bonchev–Trinajstić information content (AvgIpc) is 3.30. The van der Waals surface area contributed by atoms with Crippen molar-refractivity contribution in [3.8, 4) is 0 Å². The molecule has 0 fully saturated rings. The molecule has 0 radical (unpaired) electrons. The molecule has 1 spiro atoms. The van der Waals surface area contributed by atoms with Crippen molar-refractivity contribution in [3.05, 3.63) is 108 Å². The first-order chi connectivity index (χ1) is 17.9. The molecule has 3 aromatic carbocycles. The highest BCUT2D eigenvalue weighted by atomic mass is 32.2. The van der Waals surface area contributed by atoms with Crippen molar-refractivity contribution in [3.63, 3.8) is 0 Å². The van der Waals surface area contributed by atoms with Gasteiger partial charge in [0.05, 0.1) is 23.7 Å². The monoisotopic (exact) mass is 510 g/mol. The van der Waals surface area contributed by atoms with Gasteiger partial charge in [0, 0.05) is 5.56 Å². The second kappa shape index (κ2) is 10.3. The quantitative estimate of drug-likeness (QED) is 0.346. The van der Waals surface area contributed by atoms with Crippen molar-refractivity contribution in [2.75, 3.05) is 16.6 Å². The van der Waals surface area contributed by atoms with Crippen LogP contribution < -0.4 is 10.0 Å². The fourth-order valence-electron chi connectivity index (χ4n) is 4.29. The van der Waals surface area contributed by atoms with Crippen molar-refractivity contribution in [1.82, 2.24) is 0 Å². The van der Waals surface area contributed by atoms with Crippen molar-refractivity contribution in [2.45, 2.75) is 38.6 Å². The molecule has 188 valence electrons. The Balaban J connectivity index is 1.63. The Bertz CT molecular complexity index is 1360. The number of carbonyl (C=O) groups is 1. The van der Waals surface area contributed by atoms with Crippen LogP contribution in [0.25, 0.3) is 0 Å². The molecule has 2 heterocycles. The fourth-order valence-corrected chi connectivity index (χ4v) is 5.44. The van der Waals surface area contributed by atoms with Crippen molar-refractivity contribution >= 4 is 39.9 Å². The molecule has 7 heteroatoms. The Morgan fingerprint density at radius 3 is 2.22 bits per heavy atom. The van der Waals surface area contributed by atoms with Crippen molar-refractivity contribution < 1.29 is 9.53 Å². The summed E-state index contributed by atoms with van der Waals surface area (Å²) in [7, 11) is 0. The number of thioether (sulfide) groups is 1. The molecule has 0 bridgehead atoms. The first-order valence-corrected chi connectivity index (χ1v) is 13.3. The van der Waals surface area contributed by atoms with E-state index in [2.05, 4.69) is 44.2 Å². The highest BCUT2D eigenvalue weighted by molar-refractivity contribution is 8.17. The summed E-state index contributed by atoms with van der Waals surface area (Å²) >= 11 is 1.33. The second-order valence-corrected chi connectivity index (χ2v) is 10.5. The molecule has 0 saturated heterocycles. The molecule has 3 aromatic rings. The van der Waals surface area contributed by atoms with Crippen LogP contribution in [0.5, 0.6) is 0 Å². The van der Waals surface area contributed by atoms with Gasteiger partial charge in [-0.3, -0.25) is 0 Å². The van der Waals surface area contributed by atoms with E-state index in [-0.39, 0.29) is 11.7 Å². The predicted octanol–water partition coefficient (Wildman–Crippen LogP) is 6.68. The summed E-state index contributed by atoms with van der Waals surface area (Å²) in [5.41, 5.74) is 6.01. The maximum atomic E-state index is 12.8. The van der Waals surface area contributed by atoms with E-state index in [4.69, 9.17) is 14.9 Å². The summed E-state index contributed by atoms with van der Waals surface area (Å²) in [6, 6.07) is 26.6. The maximum Gasteiger partial charge on any atom is 0.365 e. The van der Waals surface area contributed by atoms with Crippen LogP contribution in [0.3, 0.4) is 0 Å². The standard InChI is InChI=1S/C30H30N4O2S/c1-5-36-29(35)28-32-34(26-17-11-22(4)12-18-26)30(37-28)20-19-27(24-15-13-23(14-16-24)21(2)3)31-33(30)25-9-7-6-8-10-25/h6-21H,5H2,1-4H3/t30-/m1/s1. The molecule has 0 amide bonds. The Labute approximate surface area is 222 Å². The second-order valence-electron chi connectivity index (χ2n) is 9.28. The van der Waals surface area contributed by atoms with E-state index in [0.717, 1.165) is 28.2 Å². The normalized spacial score (nSPS) is 18.8. The molecule has 5 rings (SSSR count). The van der Waals surface area contributed by atoms with E-state index in [1.807, 2.05) is 77.6 Å². The van der Waals surface area contributed by atoms with Gasteiger partial charge in [-0.25, -0.2) is 14.8 Å². The van der Waals surface area contributed by atoms with E-state index in [9.17, 15) is 4.79 Å². The summed E-state index contributed by atoms with van der Waals surface area (Å²) in [6.45, 7) is 8.49. The molecule has 0 unspecified atom stereocenters. The summed E-state index contributed by atoms with van der Waals surface area (Å²) in [4.78, 5) is 11.9. The number of rotatable bonds is 6. The van der Waals surface area contributed by atoms with Crippen molar-refractivity contribution in [2.24, 2.45) is 10.2 Å². The number of benzene rings is 3. The van der Waals surface area contributed by atoms with Crippen LogP contribution in [0.15, 0.2) is 101 Å². The van der Waals surface area contributed by atoms with Crippen LogP contribution in [-0.2, 0) is 9.53 Å². The number of esters is 1. The molecular formula is C30H30N4O2S. The number of anilines is 2. The lowest BCUT2D eigenvalue weighted by atomic mass is 10.00. The number of allylic oxidation sites excluding steroid dienone is 1. The molecule has 6 nitrogen and oxygen atoms in total. The lowest BCUT2D eigenvalue weighted by Gasteiger charge is -2.43. The smallest absolute Gasteiger partial charge is 0.365 e. The number of aryl methyl sites for hydroxylation is 1. The zero-order chi connectivity index (χ0) is 26.0. The molecule has 2 aliphatic rings. The number of nitrogens with zero attached hydrogens (tertiary/aromatic N) is 4. The molecule has 37 heavy (non-hydrogen) atoms. The summed E-state index contributed by atoms with van der Waals surface area (Å²) in [5, 5.41) is 14.0. The summed E-state index contributed by atoms with van der Waals surface area (Å²) in [5.74, 6) is 0.0142. The van der Waals surface area contributed by atoms with Crippen LogP contribution in [0.4, 0.5) is 11.4 Å². The molecule has 1 atom stereocenters. The van der Waals surface area contributed by atoms with Gasteiger partial charge in [0.15, 0.2) is 0 Å². The summed E-state index contributed by atoms with van der Waals surface area (Å²) in [6.07, 6.45) is 4.08. The third-order valence-electron chi connectivity index (χ3n) is 6.31. The summed E-state index contributed by atoms with van der Waals surface area (Å²) < 4.78 is 5.33. The van der Waals surface area contributed by atoms with Crippen LogP contribution in [0, 0.1) is 6.92 Å². The van der Waals surface area contributed by atoms with Crippen molar-refractivity contribution in [1.29, 1.82) is 0 Å². The third kappa shape index (κ3) is 4.79. The highest BCUT2D eigenvalue weighted by Crippen LogP contribution is 2.48. The lowest BCUT2D eigenvalue weighted by molar-refractivity contribution is -0.134. The zero-order valence-electron chi connectivity index (χ0n) is 21.5. The Kier molecular flexibility index (Phi) is 6.89. The first-order valence-electron chi connectivity index (χ1n) is 12.5. The Morgan fingerprint density at radius 2 is 1.57 bits per heavy atom. The minimum Gasteiger partial charge on any atom is -0.461 e. The number of hydrogen-bond acceptors (Lipinski definition) is 7. The highest BCUT2D eigenvalue weighted by Gasteiger charge is 2.51. The minimum atomic E-state index is -0.930. The van der Waals surface area contributed by atoms with Gasteiger partial charge in [0.2, 0.25) is 10.0 Å². The van der Waals surface area contributed by atoms with Crippen LogP contribution in [-0.4, -0.2) is 28.3 Å². The van der Waals surface area contributed by atoms with Gasteiger partial charge in [0.1, 0.15) is 0 Å².